The van der Waals surface area contributed by atoms with Crippen molar-refractivity contribution < 1.29 is 9.21 Å². The molecule has 3 aromatic carbocycles. The van der Waals surface area contributed by atoms with Crippen molar-refractivity contribution in [2.45, 2.75) is 6.92 Å². The van der Waals surface area contributed by atoms with Gasteiger partial charge in [0, 0.05) is 15.6 Å². The molecule has 2 aromatic heterocycles. The summed E-state index contributed by atoms with van der Waals surface area (Å²) in [6, 6.07) is 18.7. The van der Waals surface area contributed by atoms with Crippen molar-refractivity contribution in [1.29, 1.82) is 0 Å². The molecule has 30 heavy (non-hydrogen) atoms. The largest absolute Gasteiger partial charge is 0.436 e. The van der Waals surface area contributed by atoms with Crippen molar-refractivity contribution in [1.82, 2.24) is 4.98 Å². The Kier molecular flexibility index (Phi) is 4.74. The number of nitrogens with zero attached hydrogens (tertiary/aromatic N) is 1. The molecule has 0 bridgehead atoms. The highest BCUT2D eigenvalue weighted by Crippen LogP contribution is 2.36. The number of benzene rings is 3. The minimum atomic E-state index is -0.312. The van der Waals surface area contributed by atoms with Crippen LogP contribution in [-0.2, 0) is 0 Å². The zero-order chi connectivity index (χ0) is 20.8. The first-order valence-electron chi connectivity index (χ1n) is 9.15. The smallest absolute Gasteiger partial charge is 0.267 e. The molecule has 0 aliphatic carbocycles. The SMILES string of the molecule is Cc1ccc2oc(-c3ccc(Cl)c(NC(=O)c4sc5ccccc5c4Cl)c3)nc2c1. The van der Waals surface area contributed by atoms with Crippen molar-refractivity contribution in [3.8, 4) is 11.5 Å². The zero-order valence-corrected chi connectivity index (χ0v) is 18.0. The summed E-state index contributed by atoms with van der Waals surface area (Å²) in [5.41, 5.74) is 3.76. The van der Waals surface area contributed by atoms with E-state index in [1.165, 1.54) is 11.3 Å². The second kappa shape index (κ2) is 7.43. The summed E-state index contributed by atoms with van der Waals surface area (Å²) in [5.74, 6) is 0.149. The second-order valence-corrected chi connectivity index (χ2v) is 8.72. The number of carbonyl (C=O) groups is 1. The normalized spacial score (nSPS) is 11.3. The molecule has 4 nitrogen and oxygen atoms in total. The summed E-state index contributed by atoms with van der Waals surface area (Å²) in [6.07, 6.45) is 0. The van der Waals surface area contributed by atoms with E-state index < -0.39 is 0 Å². The molecule has 0 saturated carbocycles. The number of nitrogens with one attached hydrogen (secondary N) is 1. The van der Waals surface area contributed by atoms with Gasteiger partial charge in [0.05, 0.1) is 15.7 Å². The second-order valence-electron chi connectivity index (χ2n) is 6.88. The van der Waals surface area contributed by atoms with Crippen LogP contribution in [0.4, 0.5) is 5.69 Å². The van der Waals surface area contributed by atoms with Gasteiger partial charge < -0.3 is 9.73 Å². The predicted octanol–water partition coefficient (Wildman–Crippen LogP) is 7.58. The van der Waals surface area contributed by atoms with E-state index in [1.54, 1.807) is 12.1 Å². The van der Waals surface area contributed by atoms with Gasteiger partial charge in [0.15, 0.2) is 5.58 Å². The van der Waals surface area contributed by atoms with E-state index in [2.05, 4.69) is 10.3 Å². The van der Waals surface area contributed by atoms with Crippen LogP contribution in [0, 0.1) is 6.92 Å². The molecule has 0 atom stereocenters. The number of oxazole rings is 1. The van der Waals surface area contributed by atoms with Gasteiger partial charge in [-0.3, -0.25) is 4.79 Å². The van der Waals surface area contributed by atoms with Crippen LogP contribution in [0.3, 0.4) is 0 Å². The number of rotatable bonds is 3. The standard InChI is InChI=1S/C23H14Cl2N2O2S/c1-12-6-9-18-17(10-12)27-23(29-18)13-7-8-15(24)16(11-13)26-22(28)21-20(25)14-4-2-3-5-19(14)30-21/h2-11H,1H3,(H,26,28). The molecular weight excluding hydrogens is 439 g/mol. The molecule has 5 aromatic rings. The third-order valence-corrected chi connectivity index (χ3v) is 6.75. The van der Waals surface area contributed by atoms with Gasteiger partial charge in [-0.05, 0) is 48.9 Å². The Morgan fingerprint density at radius 3 is 2.73 bits per heavy atom. The highest BCUT2D eigenvalue weighted by molar-refractivity contribution is 7.21. The maximum atomic E-state index is 12.9. The first-order chi connectivity index (χ1) is 14.5. The molecule has 2 heterocycles. The van der Waals surface area contributed by atoms with E-state index in [-0.39, 0.29) is 5.91 Å². The third-order valence-electron chi connectivity index (χ3n) is 4.75. The van der Waals surface area contributed by atoms with Crippen molar-refractivity contribution in [2.24, 2.45) is 0 Å². The van der Waals surface area contributed by atoms with Crippen LogP contribution in [0.1, 0.15) is 15.2 Å². The molecule has 7 heteroatoms. The Balaban J connectivity index is 1.49. The lowest BCUT2D eigenvalue weighted by molar-refractivity contribution is 0.103. The van der Waals surface area contributed by atoms with Gasteiger partial charge in [0.1, 0.15) is 10.4 Å². The van der Waals surface area contributed by atoms with E-state index >= 15 is 0 Å². The zero-order valence-electron chi connectivity index (χ0n) is 15.7. The molecule has 0 aliphatic rings. The summed E-state index contributed by atoms with van der Waals surface area (Å²) < 4.78 is 6.82. The van der Waals surface area contributed by atoms with Crippen LogP contribution in [0.15, 0.2) is 65.1 Å². The highest BCUT2D eigenvalue weighted by Gasteiger charge is 2.19. The monoisotopic (exact) mass is 452 g/mol. The molecule has 5 rings (SSSR count). The minimum Gasteiger partial charge on any atom is -0.436 e. The number of halogens is 2. The summed E-state index contributed by atoms with van der Waals surface area (Å²) in [7, 11) is 0. The van der Waals surface area contributed by atoms with Crippen molar-refractivity contribution >= 4 is 67.3 Å². The fourth-order valence-corrected chi connectivity index (χ4v) is 4.83. The van der Waals surface area contributed by atoms with Gasteiger partial charge in [0.25, 0.3) is 5.91 Å². The lowest BCUT2D eigenvalue weighted by Crippen LogP contribution is -2.11. The molecule has 0 unspecified atom stereocenters. The topological polar surface area (TPSA) is 55.1 Å². The molecule has 0 radical (unpaired) electrons. The lowest BCUT2D eigenvalue weighted by Gasteiger charge is -2.08. The Hall–Kier alpha value is -2.86. The number of amides is 1. The Bertz CT molecular complexity index is 1440. The number of hydrogen-bond acceptors (Lipinski definition) is 4. The summed E-state index contributed by atoms with van der Waals surface area (Å²) in [6.45, 7) is 2.00. The highest BCUT2D eigenvalue weighted by atomic mass is 35.5. The molecule has 1 N–H and O–H groups in total. The number of aromatic nitrogens is 1. The van der Waals surface area contributed by atoms with Crippen LogP contribution in [-0.4, -0.2) is 10.9 Å². The van der Waals surface area contributed by atoms with Gasteiger partial charge in [0.2, 0.25) is 5.89 Å². The van der Waals surface area contributed by atoms with Crippen molar-refractivity contribution in [3.63, 3.8) is 0 Å². The van der Waals surface area contributed by atoms with Gasteiger partial charge in [-0.25, -0.2) is 4.98 Å². The number of thiophene rings is 1. The van der Waals surface area contributed by atoms with E-state index in [0.717, 1.165) is 21.2 Å². The van der Waals surface area contributed by atoms with Gasteiger partial charge in [-0.2, -0.15) is 0 Å². The van der Waals surface area contributed by atoms with Gasteiger partial charge >= 0.3 is 0 Å². The molecular formula is C23H14Cl2N2O2S. The van der Waals surface area contributed by atoms with Crippen LogP contribution >= 0.6 is 34.5 Å². The maximum Gasteiger partial charge on any atom is 0.267 e. The first kappa shape index (κ1) is 19.1. The summed E-state index contributed by atoms with van der Waals surface area (Å²) in [5, 5.41) is 4.58. The average Bonchev–Trinajstić information content (AvgIpc) is 3.31. The predicted molar refractivity (Wildman–Crippen MR) is 124 cm³/mol. The Morgan fingerprint density at radius 1 is 1.07 bits per heavy atom. The van der Waals surface area contributed by atoms with E-state index in [0.29, 0.717) is 37.6 Å². The molecule has 0 fully saturated rings. The third kappa shape index (κ3) is 3.35. The molecule has 0 aliphatic heterocycles. The number of hydrogen-bond donors (Lipinski definition) is 1. The molecule has 0 spiro atoms. The van der Waals surface area contributed by atoms with Crippen molar-refractivity contribution in [2.75, 3.05) is 5.32 Å². The van der Waals surface area contributed by atoms with Gasteiger partial charge in [-0.15, -0.1) is 11.3 Å². The number of carbonyl (C=O) groups excluding carboxylic acids is 1. The van der Waals surface area contributed by atoms with E-state index in [4.69, 9.17) is 27.6 Å². The number of aryl methyl sites for hydroxylation is 1. The average molecular weight is 453 g/mol. The molecule has 1 amide bonds. The lowest BCUT2D eigenvalue weighted by atomic mass is 10.2. The Labute approximate surface area is 186 Å². The molecule has 148 valence electrons. The van der Waals surface area contributed by atoms with Crippen LogP contribution in [0.5, 0.6) is 0 Å². The number of anilines is 1. The fraction of sp³-hybridized carbons (Fsp3) is 0.0435. The quantitative estimate of drug-likeness (QED) is 0.306. The maximum absolute atomic E-state index is 12.9. The fourth-order valence-electron chi connectivity index (χ4n) is 3.25. The van der Waals surface area contributed by atoms with Gasteiger partial charge in [-0.1, -0.05) is 47.5 Å². The minimum absolute atomic E-state index is 0.312. The summed E-state index contributed by atoms with van der Waals surface area (Å²) >= 11 is 14.1. The first-order valence-corrected chi connectivity index (χ1v) is 10.7. The van der Waals surface area contributed by atoms with Crippen molar-refractivity contribution in [3.05, 3.63) is 81.1 Å². The molecule has 0 saturated heterocycles. The Morgan fingerprint density at radius 2 is 1.90 bits per heavy atom. The van der Waals surface area contributed by atoms with Crippen LogP contribution in [0.2, 0.25) is 10.0 Å². The summed E-state index contributed by atoms with van der Waals surface area (Å²) in [4.78, 5) is 17.9. The van der Waals surface area contributed by atoms with E-state index in [9.17, 15) is 4.79 Å². The van der Waals surface area contributed by atoms with Crippen LogP contribution in [0.25, 0.3) is 32.6 Å². The van der Waals surface area contributed by atoms with E-state index in [1.807, 2.05) is 55.5 Å². The van der Waals surface area contributed by atoms with Crippen LogP contribution < -0.4 is 5.32 Å². The number of fused-ring (bicyclic) bond motifs is 2.